The van der Waals surface area contributed by atoms with Crippen molar-refractivity contribution in [3.8, 4) is 0 Å². The average Bonchev–Trinajstić information content (AvgIpc) is 2.55. The monoisotopic (exact) mass is 315 g/mol. The second-order valence-electron chi connectivity index (χ2n) is 5.82. The Bertz CT molecular complexity index is 754. The third kappa shape index (κ3) is 3.08. The van der Waals surface area contributed by atoms with Crippen molar-refractivity contribution in [1.29, 1.82) is 0 Å². The van der Waals surface area contributed by atoms with E-state index in [0.29, 0.717) is 23.7 Å². The minimum atomic E-state index is -0.731. The third-order valence-electron chi connectivity index (χ3n) is 4.38. The lowest BCUT2D eigenvalue weighted by molar-refractivity contribution is -0.383. The highest BCUT2D eigenvalue weighted by molar-refractivity contribution is 5.96. The lowest BCUT2D eigenvalue weighted by atomic mass is 9.86. The summed E-state index contributed by atoms with van der Waals surface area (Å²) in [6, 6.07) is 6.69. The number of nitrogens with zero attached hydrogens (tertiary/aromatic N) is 2. The molecule has 1 heterocycles. The Morgan fingerprint density at radius 1 is 1.26 bits per heavy atom. The van der Waals surface area contributed by atoms with Gasteiger partial charge in [0.15, 0.2) is 0 Å². The predicted molar refractivity (Wildman–Crippen MR) is 85.4 cm³/mol. The Hall–Kier alpha value is -2.70. The van der Waals surface area contributed by atoms with Crippen LogP contribution in [0.2, 0.25) is 0 Å². The SMILES string of the molecule is O=C(O)C1CCC(Nc2ccc([N+](=O)[O-])c3cccnc23)CC1. The van der Waals surface area contributed by atoms with Crippen molar-refractivity contribution in [2.45, 2.75) is 31.7 Å². The van der Waals surface area contributed by atoms with E-state index in [9.17, 15) is 14.9 Å². The van der Waals surface area contributed by atoms with Crippen LogP contribution in [0.4, 0.5) is 11.4 Å². The van der Waals surface area contributed by atoms with Crippen LogP contribution in [-0.4, -0.2) is 27.0 Å². The van der Waals surface area contributed by atoms with Gasteiger partial charge in [-0.05, 0) is 43.9 Å². The van der Waals surface area contributed by atoms with Crippen LogP contribution in [0, 0.1) is 16.0 Å². The van der Waals surface area contributed by atoms with E-state index in [1.54, 1.807) is 24.4 Å². The Kier molecular flexibility index (Phi) is 4.10. The topological polar surface area (TPSA) is 105 Å². The van der Waals surface area contributed by atoms with E-state index in [4.69, 9.17) is 5.11 Å². The van der Waals surface area contributed by atoms with Crippen LogP contribution in [0.3, 0.4) is 0 Å². The number of non-ortho nitro benzene ring substituents is 1. The first-order chi connectivity index (χ1) is 11.1. The molecular weight excluding hydrogens is 298 g/mol. The van der Waals surface area contributed by atoms with E-state index in [2.05, 4.69) is 10.3 Å². The van der Waals surface area contributed by atoms with Crippen molar-refractivity contribution in [3.63, 3.8) is 0 Å². The summed E-state index contributed by atoms with van der Waals surface area (Å²) in [5.74, 6) is -0.995. The van der Waals surface area contributed by atoms with Crippen molar-refractivity contribution in [2.24, 2.45) is 5.92 Å². The number of fused-ring (bicyclic) bond motifs is 1. The van der Waals surface area contributed by atoms with Gasteiger partial charge in [0, 0.05) is 18.3 Å². The number of carbonyl (C=O) groups is 1. The maximum absolute atomic E-state index is 11.1. The van der Waals surface area contributed by atoms with Gasteiger partial charge >= 0.3 is 5.97 Å². The molecule has 2 N–H and O–H groups in total. The Morgan fingerprint density at radius 3 is 2.65 bits per heavy atom. The molecule has 1 saturated carbocycles. The molecule has 0 amide bonds. The van der Waals surface area contributed by atoms with Crippen molar-refractivity contribution in [2.75, 3.05) is 5.32 Å². The van der Waals surface area contributed by atoms with Crippen LogP contribution in [-0.2, 0) is 4.79 Å². The molecule has 1 aromatic carbocycles. The zero-order valence-corrected chi connectivity index (χ0v) is 12.4. The molecule has 0 aliphatic heterocycles. The largest absolute Gasteiger partial charge is 0.481 e. The highest BCUT2D eigenvalue weighted by Crippen LogP contribution is 2.32. The summed E-state index contributed by atoms with van der Waals surface area (Å²) < 4.78 is 0. The number of pyridine rings is 1. The molecule has 7 nitrogen and oxygen atoms in total. The van der Waals surface area contributed by atoms with Gasteiger partial charge in [-0.1, -0.05) is 0 Å². The van der Waals surface area contributed by atoms with E-state index < -0.39 is 10.9 Å². The molecule has 0 spiro atoms. The minimum absolute atomic E-state index is 0.0354. The molecule has 23 heavy (non-hydrogen) atoms. The number of nitro groups is 1. The minimum Gasteiger partial charge on any atom is -0.481 e. The highest BCUT2D eigenvalue weighted by Gasteiger charge is 2.26. The summed E-state index contributed by atoms with van der Waals surface area (Å²) >= 11 is 0. The molecule has 3 rings (SSSR count). The summed E-state index contributed by atoms with van der Waals surface area (Å²) in [6.07, 6.45) is 4.43. The zero-order valence-electron chi connectivity index (χ0n) is 12.4. The number of aromatic nitrogens is 1. The van der Waals surface area contributed by atoms with Gasteiger partial charge in [-0.15, -0.1) is 0 Å². The molecule has 0 bridgehead atoms. The molecule has 1 aliphatic carbocycles. The zero-order chi connectivity index (χ0) is 16.4. The molecule has 1 fully saturated rings. The van der Waals surface area contributed by atoms with Gasteiger partial charge < -0.3 is 10.4 Å². The third-order valence-corrected chi connectivity index (χ3v) is 4.38. The molecule has 120 valence electrons. The van der Waals surface area contributed by atoms with Crippen LogP contribution in [0.5, 0.6) is 0 Å². The Morgan fingerprint density at radius 2 is 2.00 bits per heavy atom. The number of nitrogens with one attached hydrogen (secondary N) is 1. The molecule has 0 atom stereocenters. The molecule has 1 aliphatic rings. The number of hydrogen-bond donors (Lipinski definition) is 2. The van der Waals surface area contributed by atoms with Crippen molar-refractivity contribution < 1.29 is 14.8 Å². The fraction of sp³-hybridized carbons (Fsp3) is 0.375. The number of rotatable bonds is 4. The van der Waals surface area contributed by atoms with Gasteiger partial charge in [0.05, 0.1) is 21.9 Å². The number of nitro benzene ring substituents is 1. The number of benzene rings is 1. The lowest BCUT2D eigenvalue weighted by Gasteiger charge is -2.27. The van der Waals surface area contributed by atoms with Crippen LogP contribution >= 0.6 is 0 Å². The van der Waals surface area contributed by atoms with Crippen LogP contribution in [0.15, 0.2) is 30.5 Å². The maximum atomic E-state index is 11.1. The summed E-state index contributed by atoms with van der Waals surface area (Å²) in [7, 11) is 0. The van der Waals surface area contributed by atoms with Gasteiger partial charge in [-0.2, -0.15) is 0 Å². The number of hydrogen-bond acceptors (Lipinski definition) is 5. The predicted octanol–water partition coefficient (Wildman–Crippen LogP) is 3.20. The Labute approximate surface area is 132 Å². The standard InChI is InChI=1S/C16H17N3O4/c20-16(21)10-3-5-11(6-4-10)18-13-7-8-14(19(22)23)12-2-1-9-17-15(12)13/h1-2,7-11,18H,3-6H2,(H,20,21). The lowest BCUT2D eigenvalue weighted by Crippen LogP contribution is -2.29. The molecule has 7 heteroatoms. The molecule has 2 aromatic rings. The van der Waals surface area contributed by atoms with Gasteiger partial charge in [-0.25, -0.2) is 0 Å². The van der Waals surface area contributed by atoms with Crippen molar-refractivity contribution in [1.82, 2.24) is 4.98 Å². The van der Waals surface area contributed by atoms with Gasteiger partial charge in [0.25, 0.3) is 5.69 Å². The van der Waals surface area contributed by atoms with Gasteiger partial charge in [-0.3, -0.25) is 19.9 Å². The smallest absolute Gasteiger partial charge is 0.306 e. The first-order valence-corrected chi connectivity index (χ1v) is 7.57. The first kappa shape index (κ1) is 15.2. The maximum Gasteiger partial charge on any atom is 0.306 e. The molecular formula is C16H17N3O4. The summed E-state index contributed by atoms with van der Waals surface area (Å²) in [5, 5.41) is 24.0. The quantitative estimate of drug-likeness (QED) is 0.663. The number of aliphatic carboxylic acids is 1. The van der Waals surface area contributed by atoms with E-state index >= 15 is 0 Å². The summed E-state index contributed by atoms with van der Waals surface area (Å²) in [4.78, 5) is 26.0. The summed E-state index contributed by atoms with van der Waals surface area (Å²) in [6.45, 7) is 0. The molecule has 0 saturated heterocycles. The van der Waals surface area contributed by atoms with Crippen LogP contribution in [0.1, 0.15) is 25.7 Å². The fourth-order valence-corrected chi connectivity index (χ4v) is 3.14. The molecule has 0 unspecified atom stereocenters. The second kappa shape index (κ2) is 6.20. The highest BCUT2D eigenvalue weighted by atomic mass is 16.6. The van der Waals surface area contributed by atoms with Gasteiger partial charge in [0.1, 0.15) is 5.52 Å². The Balaban J connectivity index is 1.83. The van der Waals surface area contributed by atoms with Crippen LogP contribution in [0.25, 0.3) is 10.9 Å². The number of carboxylic acid groups (broad SMARTS) is 1. The fourth-order valence-electron chi connectivity index (χ4n) is 3.14. The van der Waals surface area contributed by atoms with E-state index in [-0.39, 0.29) is 17.6 Å². The normalized spacial score (nSPS) is 21.0. The second-order valence-corrected chi connectivity index (χ2v) is 5.82. The van der Waals surface area contributed by atoms with Crippen molar-refractivity contribution >= 4 is 28.2 Å². The van der Waals surface area contributed by atoms with E-state index in [0.717, 1.165) is 18.5 Å². The van der Waals surface area contributed by atoms with E-state index in [1.165, 1.54) is 6.07 Å². The molecule has 1 aromatic heterocycles. The molecule has 0 radical (unpaired) electrons. The number of carboxylic acids is 1. The first-order valence-electron chi connectivity index (χ1n) is 7.57. The summed E-state index contributed by atoms with van der Waals surface area (Å²) in [5.41, 5.74) is 1.36. The van der Waals surface area contributed by atoms with Gasteiger partial charge in [0.2, 0.25) is 0 Å². The van der Waals surface area contributed by atoms with Crippen LogP contribution < -0.4 is 5.32 Å². The number of anilines is 1. The van der Waals surface area contributed by atoms with E-state index in [1.807, 2.05) is 0 Å². The van der Waals surface area contributed by atoms with Crippen molar-refractivity contribution in [3.05, 3.63) is 40.6 Å². The average molecular weight is 315 g/mol.